The van der Waals surface area contributed by atoms with Crippen molar-refractivity contribution >= 4 is 17.6 Å². The van der Waals surface area contributed by atoms with Crippen LogP contribution in [0.5, 0.6) is 0 Å². The molecule has 11 heavy (non-hydrogen) atoms. The fourth-order valence-corrected chi connectivity index (χ4v) is 0.937. The number of halogens is 1. The van der Waals surface area contributed by atoms with Crippen LogP contribution >= 0.6 is 11.6 Å². The highest BCUT2D eigenvalue weighted by Gasteiger charge is 2.12. The second-order valence-corrected chi connectivity index (χ2v) is 2.80. The lowest BCUT2D eigenvalue weighted by Gasteiger charge is -2.21. The quantitative estimate of drug-likeness (QED) is 0.622. The van der Waals surface area contributed by atoms with Gasteiger partial charge < -0.3 is 10.6 Å². The second kappa shape index (κ2) is 3.62. The third-order valence-electron chi connectivity index (χ3n) is 1.43. The summed E-state index contributed by atoms with van der Waals surface area (Å²) in [6, 6.07) is 0.170. The van der Waals surface area contributed by atoms with Gasteiger partial charge in [-0.15, -0.1) is 0 Å². The van der Waals surface area contributed by atoms with Crippen LogP contribution in [0, 0.1) is 0 Å². The Kier molecular flexibility index (Phi) is 2.76. The van der Waals surface area contributed by atoms with Gasteiger partial charge >= 0.3 is 0 Å². The molecule has 2 N–H and O–H groups in total. The molecule has 0 radical (unpaired) electrons. The molecule has 0 saturated carbocycles. The summed E-state index contributed by atoms with van der Waals surface area (Å²) >= 11 is 5.81. The maximum atomic E-state index is 5.81. The van der Waals surface area contributed by atoms with E-state index in [0.717, 1.165) is 17.5 Å². The fourth-order valence-electron chi connectivity index (χ4n) is 0.827. The topological polar surface area (TPSA) is 36.4 Å². The number of hydrogen-bond donors (Lipinski definition) is 2. The summed E-state index contributed by atoms with van der Waals surface area (Å²) in [5, 5.41) is 6.83. The summed E-state index contributed by atoms with van der Waals surface area (Å²) in [5.74, 6) is 0.796. The maximum absolute atomic E-state index is 5.81. The highest BCUT2D eigenvalue weighted by atomic mass is 35.5. The van der Waals surface area contributed by atoms with E-state index in [4.69, 9.17) is 11.6 Å². The molecule has 1 aliphatic rings. The lowest BCUT2D eigenvalue weighted by molar-refractivity contribution is 0.740. The van der Waals surface area contributed by atoms with Crippen molar-refractivity contribution in [2.45, 2.75) is 19.9 Å². The van der Waals surface area contributed by atoms with Gasteiger partial charge in [0.1, 0.15) is 0 Å². The van der Waals surface area contributed by atoms with Crippen molar-refractivity contribution in [1.82, 2.24) is 10.6 Å². The first-order chi connectivity index (χ1) is 5.24. The van der Waals surface area contributed by atoms with E-state index in [9.17, 15) is 0 Å². The van der Waals surface area contributed by atoms with Gasteiger partial charge in [0.25, 0.3) is 0 Å². The first-order valence-electron chi connectivity index (χ1n) is 3.67. The Morgan fingerprint density at radius 3 is 3.00 bits per heavy atom. The molecule has 0 amide bonds. The van der Waals surface area contributed by atoms with Gasteiger partial charge in [0.05, 0.1) is 11.1 Å². The molecule has 1 unspecified atom stereocenters. The van der Waals surface area contributed by atoms with Crippen molar-refractivity contribution in [3.05, 3.63) is 11.2 Å². The molecule has 3 nitrogen and oxygen atoms in total. The van der Waals surface area contributed by atoms with Crippen molar-refractivity contribution in [3.8, 4) is 0 Å². The van der Waals surface area contributed by atoms with Crippen LogP contribution in [-0.2, 0) is 0 Å². The zero-order valence-electron chi connectivity index (χ0n) is 6.69. The van der Waals surface area contributed by atoms with E-state index in [1.54, 1.807) is 6.20 Å². The number of guanidine groups is 1. The first kappa shape index (κ1) is 8.40. The highest BCUT2D eigenvalue weighted by Crippen LogP contribution is 2.08. The molecule has 0 bridgehead atoms. The third-order valence-corrected chi connectivity index (χ3v) is 1.87. The minimum absolute atomic E-state index is 0.170. The van der Waals surface area contributed by atoms with Gasteiger partial charge in [0.2, 0.25) is 0 Å². The molecule has 0 aromatic carbocycles. The third kappa shape index (κ3) is 2.12. The lowest BCUT2D eigenvalue weighted by Crippen LogP contribution is -2.44. The highest BCUT2D eigenvalue weighted by molar-refractivity contribution is 6.30. The van der Waals surface area contributed by atoms with Crippen LogP contribution in [0.25, 0.3) is 0 Å². The van der Waals surface area contributed by atoms with Crippen LogP contribution in [0.1, 0.15) is 13.8 Å². The van der Waals surface area contributed by atoms with Gasteiger partial charge in [-0.3, -0.25) is 4.99 Å². The number of rotatable bonds is 1. The Labute approximate surface area is 71.5 Å². The van der Waals surface area contributed by atoms with Crippen LogP contribution in [0.4, 0.5) is 0 Å². The molecule has 0 aliphatic carbocycles. The average Bonchev–Trinajstić information content (AvgIpc) is 1.98. The Bertz CT molecular complexity index is 198. The molecule has 1 heterocycles. The maximum Gasteiger partial charge on any atom is 0.195 e. The van der Waals surface area contributed by atoms with Crippen LogP contribution in [0.3, 0.4) is 0 Å². The second-order valence-electron chi connectivity index (χ2n) is 2.36. The van der Waals surface area contributed by atoms with E-state index >= 15 is 0 Å². The van der Waals surface area contributed by atoms with Crippen LogP contribution < -0.4 is 10.6 Å². The van der Waals surface area contributed by atoms with Gasteiger partial charge in [0, 0.05) is 12.7 Å². The van der Waals surface area contributed by atoms with Crippen LogP contribution in [-0.4, -0.2) is 18.5 Å². The van der Waals surface area contributed by atoms with Crippen molar-refractivity contribution < 1.29 is 0 Å². The van der Waals surface area contributed by atoms with E-state index in [1.807, 2.05) is 13.8 Å². The predicted molar refractivity (Wildman–Crippen MR) is 47.6 cm³/mol. The molecule has 0 aromatic heterocycles. The molecule has 4 heteroatoms. The van der Waals surface area contributed by atoms with Gasteiger partial charge in [-0.25, -0.2) is 0 Å². The molecular formula is C7H12ClN3. The SMILES string of the molecule is CCN=C1NC=C(Cl)C(C)N1. The fraction of sp³-hybridized carbons (Fsp3) is 0.571. The van der Waals surface area contributed by atoms with E-state index < -0.39 is 0 Å². The normalized spacial score (nSPS) is 27.4. The molecule has 1 aliphatic heterocycles. The van der Waals surface area contributed by atoms with Crippen molar-refractivity contribution in [2.75, 3.05) is 6.54 Å². The Hall–Kier alpha value is -0.700. The van der Waals surface area contributed by atoms with Crippen molar-refractivity contribution in [1.29, 1.82) is 0 Å². The largest absolute Gasteiger partial charge is 0.349 e. The van der Waals surface area contributed by atoms with Gasteiger partial charge in [-0.2, -0.15) is 0 Å². The van der Waals surface area contributed by atoms with Crippen LogP contribution in [0.15, 0.2) is 16.2 Å². The summed E-state index contributed by atoms with van der Waals surface area (Å²) in [7, 11) is 0. The molecule has 0 fully saturated rings. The predicted octanol–water partition coefficient (Wildman–Crippen LogP) is 1.02. The first-order valence-corrected chi connectivity index (χ1v) is 4.05. The van der Waals surface area contributed by atoms with Gasteiger partial charge in [-0.05, 0) is 13.8 Å². The zero-order chi connectivity index (χ0) is 8.27. The lowest BCUT2D eigenvalue weighted by atomic mass is 10.3. The number of aliphatic imine (C=N–C) groups is 1. The van der Waals surface area contributed by atoms with E-state index in [2.05, 4.69) is 15.6 Å². The number of hydrogen-bond acceptors (Lipinski definition) is 1. The average molecular weight is 174 g/mol. The Morgan fingerprint density at radius 1 is 1.73 bits per heavy atom. The zero-order valence-corrected chi connectivity index (χ0v) is 7.44. The number of nitrogens with one attached hydrogen (secondary N) is 2. The molecule has 0 aromatic rings. The minimum Gasteiger partial charge on any atom is -0.349 e. The molecule has 1 atom stereocenters. The standard InChI is InChI=1S/C7H12ClN3/c1-3-9-7-10-4-6(8)5(2)11-7/h4-5H,3H2,1-2H3,(H2,9,10,11). The van der Waals surface area contributed by atoms with Crippen molar-refractivity contribution in [3.63, 3.8) is 0 Å². The summed E-state index contributed by atoms with van der Waals surface area (Å²) in [4.78, 5) is 4.16. The van der Waals surface area contributed by atoms with E-state index in [-0.39, 0.29) is 6.04 Å². The molecular weight excluding hydrogens is 162 g/mol. The smallest absolute Gasteiger partial charge is 0.195 e. The summed E-state index contributed by atoms with van der Waals surface area (Å²) in [6.45, 7) is 4.75. The summed E-state index contributed by atoms with van der Waals surface area (Å²) in [5.41, 5.74) is 0. The van der Waals surface area contributed by atoms with Gasteiger partial charge in [-0.1, -0.05) is 11.6 Å². The molecule has 62 valence electrons. The van der Waals surface area contributed by atoms with E-state index in [1.165, 1.54) is 0 Å². The summed E-state index contributed by atoms with van der Waals surface area (Å²) < 4.78 is 0. The van der Waals surface area contributed by atoms with Gasteiger partial charge in [0.15, 0.2) is 5.96 Å². The van der Waals surface area contributed by atoms with Crippen molar-refractivity contribution in [2.24, 2.45) is 4.99 Å². The monoisotopic (exact) mass is 173 g/mol. The number of nitrogens with zero attached hydrogens (tertiary/aromatic N) is 1. The molecule has 0 saturated heterocycles. The Balaban J connectivity index is 2.62. The van der Waals surface area contributed by atoms with Crippen LogP contribution in [0.2, 0.25) is 0 Å². The molecule has 1 rings (SSSR count). The van der Waals surface area contributed by atoms with E-state index in [0.29, 0.717) is 0 Å². The Morgan fingerprint density at radius 2 is 2.45 bits per heavy atom. The summed E-state index contributed by atoms with van der Waals surface area (Å²) in [6.07, 6.45) is 1.76. The molecule has 0 spiro atoms. The minimum atomic E-state index is 0.170.